The van der Waals surface area contributed by atoms with Crippen LogP contribution >= 0.6 is 31.9 Å². The van der Waals surface area contributed by atoms with Crippen LogP contribution in [0.15, 0.2) is 50.5 Å². The van der Waals surface area contributed by atoms with Crippen molar-refractivity contribution < 1.29 is 14.9 Å². The van der Waals surface area contributed by atoms with Crippen molar-refractivity contribution in [2.24, 2.45) is 5.16 Å². The van der Waals surface area contributed by atoms with Gasteiger partial charge in [-0.3, -0.25) is 10.1 Å². The predicted molar refractivity (Wildman–Crippen MR) is 88.7 cm³/mol. The van der Waals surface area contributed by atoms with Gasteiger partial charge in [-0.25, -0.2) is 0 Å². The molecule has 0 saturated carbocycles. The molecule has 22 heavy (non-hydrogen) atoms. The van der Waals surface area contributed by atoms with Gasteiger partial charge in [0.05, 0.1) is 20.1 Å². The Bertz CT molecular complexity index is 712. The van der Waals surface area contributed by atoms with Crippen LogP contribution in [0.4, 0.5) is 5.69 Å². The molecule has 114 valence electrons. The highest BCUT2D eigenvalue weighted by molar-refractivity contribution is 9.11. The molecule has 0 atom stereocenters. The second kappa shape index (κ2) is 7.37. The van der Waals surface area contributed by atoms with Crippen LogP contribution in [0.25, 0.3) is 0 Å². The molecular weight excluding hydrogens is 420 g/mol. The van der Waals surface area contributed by atoms with Crippen LogP contribution in [0, 0.1) is 10.1 Å². The number of oxime groups is 1. The van der Waals surface area contributed by atoms with E-state index >= 15 is 0 Å². The van der Waals surface area contributed by atoms with Crippen molar-refractivity contribution in [1.82, 2.24) is 0 Å². The third-order valence-electron chi connectivity index (χ3n) is 2.73. The van der Waals surface area contributed by atoms with Crippen molar-refractivity contribution in [3.05, 3.63) is 66.6 Å². The monoisotopic (exact) mass is 428 g/mol. The summed E-state index contributed by atoms with van der Waals surface area (Å²) >= 11 is 6.75. The first-order valence-electron chi connectivity index (χ1n) is 6.04. The molecule has 6 nitrogen and oxygen atoms in total. The van der Waals surface area contributed by atoms with E-state index in [1.807, 2.05) is 0 Å². The van der Waals surface area contributed by atoms with E-state index in [2.05, 4.69) is 37.0 Å². The van der Waals surface area contributed by atoms with E-state index in [1.165, 1.54) is 18.3 Å². The van der Waals surface area contributed by atoms with Crippen LogP contribution in [-0.2, 0) is 6.61 Å². The van der Waals surface area contributed by atoms with Crippen LogP contribution < -0.4 is 4.74 Å². The zero-order valence-corrected chi connectivity index (χ0v) is 14.2. The van der Waals surface area contributed by atoms with Crippen LogP contribution in [0.3, 0.4) is 0 Å². The summed E-state index contributed by atoms with van der Waals surface area (Å²) in [6.45, 7) is 0.187. The van der Waals surface area contributed by atoms with Crippen LogP contribution in [0.1, 0.15) is 11.1 Å². The third-order valence-corrected chi connectivity index (χ3v) is 3.91. The molecule has 2 rings (SSSR count). The normalized spacial score (nSPS) is 10.8. The van der Waals surface area contributed by atoms with Crippen molar-refractivity contribution in [3.63, 3.8) is 0 Å². The largest absolute Gasteiger partial charge is 0.487 e. The molecule has 0 bridgehead atoms. The average molecular weight is 430 g/mol. The lowest BCUT2D eigenvalue weighted by molar-refractivity contribution is -0.384. The Morgan fingerprint density at radius 2 is 1.95 bits per heavy atom. The Morgan fingerprint density at radius 1 is 1.27 bits per heavy atom. The Balaban J connectivity index is 2.18. The lowest BCUT2D eigenvalue weighted by Gasteiger charge is -2.11. The number of benzene rings is 2. The van der Waals surface area contributed by atoms with Gasteiger partial charge in [0.2, 0.25) is 0 Å². The highest BCUT2D eigenvalue weighted by Gasteiger charge is 2.10. The second-order valence-electron chi connectivity index (χ2n) is 4.27. The maximum atomic E-state index is 10.8. The fraction of sp³-hybridized carbons (Fsp3) is 0.0714. The highest BCUT2D eigenvalue weighted by Crippen LogP contribution is 2.35. The minimum atomic E-state index is -0.446. The highest BCUT2D eigenvalue weighted by atomic mass is 79.9. The van der Waals surface area contributed by atoms with Gasteiger partial charge in [0.15, 0.2) is 0 Å². The summed E-state index contributed by atoms with van der Waals surface area (Å²) in [6.07, 6.45) is 1.29. The molecule has 0 amide bonds. The average Bonchev–Trinajstić information content (AvgIpc) is 2.47. The molecule has 0 radical (unpaired) electrons. The maximum Gasteiger partial charge on any atom is 0.269 e. The fourth-order valence-corrected chi connectivity index (χ4v) is 3.22. The van der Waals surface area contributed by atoms with Crippen molar-refractivity contribution in [2.75, 3.05) is 0 Å². The lowest BCUT2D eigenvalue weighted by atomic mass is 10.2. The first-order valence-corrected chi connectivity index (χ1v) is 7.62. The summed E-state index contributed by atoms with van der Waals surface area (Å²) in [5.41, 5.74) is 1.40. The molecule has 0 aliphatic heterocycles. The first kappa shape index (κ1) is 16.4. The molecule has 0 heterocycles. The van der Waals surface area contributed by atoms with E-state index in [4.69, 9.17) is 9.94 Å². The number of hydrogen-bond acceptors (Lipinski definition) is 5. The fourth-order valence-electron chi connectivity index (χ4n) is 1.77. The Morgan fingerprint density at radius 3 is 2.55 bits per heavy atom. The molecule has 0 unspecified atom stereocenters. The predicted octanol–water partition coefficient (Wildman–Crippen LogP) is 4.51. The molecular formula is C14H10Br2N2O4. The van der Waals surface area contributed by atoms with Gasteiger partial charge in [-0.1, -0.05) is 17.3 Å². The van der Waals surface area contributed by atoms with Crippen LogP contribution in [-0.4, -0.2) is 16.3 Å². The first-order chi connectivity index (χ1) is 10.5. The van der Waals surface area contributed by atoms with Crippen molar-refractivity contribution >= 4 is 43.8 Å². The molecule has 0 fully saturated rings. The smallest absolute Gasteiger partial charge is 0.269 e. The number of ether oxygens (including phenoxy) is 1. The summed E-state index contributed by atoms with van der Waals surface area (Å²) in [4.78, 5) is 10.3. The summed E-state index contributed by atoms with van der Waals surface area (Å²) in [7, 11) is 0. The van der Waals surface area contributed by atoms with E-state index in [0.29, 0.717) is 25.8 Å². The summed E-state index contributed by atoms with van der Waals surface area (Å²) < 4.78 is 7.04. The van der Waals surface area contributed by atoms with E-state index in [1.54, 1.807) is 24.3 Å². The summed E-state index contributed by atoms with van der Waals surface area (Å²) in [6, 6.07) is 9.72. The Labute approximate surface area is 142 Å². The van der Waals surface area contributed by atoms with Crippen molar-refractivity contribution in [1.29, 1.82) is 0 Å². The zero-order chi connectivity index (χ0) is 16.1. The van der Waals surface area contributed by atoms with Crippen molar-refractivity contribution in [2.45, 2.75) is 6.61 Å². The molecule has 0 spiro atoms. The van der Waals surface area contributed by atoms with Gasteiger partial charge in [0, 0.05) is 12.1 Å². The van der Waals surface area contributed by atoms with E-state index in [0.717, 1.165) is 0 Å². The number of non-ortho nitro benzene ring substituents is 1. The van der Waals surface area contributed by atoms with Gasteiger partial charge >= 0.3 is 0 Å². The van der Waals surface area contributed by atoms with Gasteiger partial charge in [-0.15, -0.1) is 0 Å². The number of rotatable bonds is 5. The third kappa shape index (κ3) is 4.05. The lowest BCUT2D eigenvalue weighted by Crippen LogP contribution is -1.99. The van der Waals surface area contributed by atoms with E-state index in [-0.39, 0.29) is 12.3 Å². The molecule has 0 aromatic heterocycles. The molecule has 0 aliphatic rings. The zero-order valence-electron chi connectivity index (χ0n) is 11.1. The van der Waals surface area contributed by atoms with Gasteiger partial charge in [0.1, 0.15) is 12.4 Å². The summed E-state index contributed by atoms with van der Waals surface area (Å²) in [5, 5.41) is 22.3. The molecule has 0 aliphatic carbocycles. The number of nitrogens with zero attached hydrogens (tertiary/aromatic N) is 2. The quantitative estimate of drug-likeness (QED) is 0.328. The SMILES string of the molecule is O=[N+]([O-])c1cccc(COc2c(Br)cc(/C=N\O)cc2Br)c1. The van der Waals surface area contributed by atoms with Crippen LogP contribution in [0.2, 0.25) is 0 Å². The minimum Gasteiger partial charge on any atom is -0.487 e. The topological polar surface area (TPSA) is 85.0 Å². The standard InChI is InChI=1S/C14H10Br2N2O4/c15-12-5-10(7-17-19)6-13(16)14(12)22-8-9-2-1-3-11(4-9)18(20)21/h1-7,19H,8H2/b17-7-. The van der Waals surface area contributed by atoms with Gasteiger partial charge in [0.25, 0.3) is 5.69 Å². The van der Waals surface area contributed by atoms with Gasteiger partial charge in [-0.2, -0.15) is 0 Å². The number of nitro groups is 1. The Hall–Kier alpha value is -1.93. The molecule has 2 aromatic rings. The maximum absolute atomic E-state index is 10.8. The second-order valence-corrected chi connectivity index (χ2v) is 5.98. The molecule has 0 saturated heterocycles. The molecule has 2 aromatic carbocycles. The molecule has 8 heteroatoms. The Kier molecular flexibility index (Phi) is 5.51. The van der Waals surface area contributed by atoms with E-state index in [9.17, 15) is 10.1 Å². The number of nitro benzene ring substituents is 1. The minimum absolute atomic E-state index is 0.0220. The number of halogens is 2. The summed E-state index contributed by atoms with van der Waals surface area (Å²) in [5.74, 6) is 0.557. The van der Waals surface area contributed by atoms with E-state index < -0.39 is 4.92 Å². The van der Waals surface area contributed by atoms with Crippen LogP contribution in [0.5, 0.6) is 5.75 Å². The number of hydrogen-bond donors (Lipinski definition) is 1. The van der Waals surface area contributed by atoms with Gasteiger partial charge in [-0.05, 0) is 55.1 Å². The van der Waals surface area contributed by atoms with Crippen molar-refractivity contribution in [3.8, 4) is 5.75 Å². The molecule has 1 N–H and O–H groups in total. The van der Waals surface area contributed by atoms with Gasteiger partial charge < -0.3 is 9.94 Å².